The summed E-state index contributed by atoms with van der Waals surface area (Å²) in [6, 6.07) is 4.58. The number of hydrogen-bond donors (Lipinski definition) is 1. The van der Waals surface area contributed by atoms with Crippen molar-refractivity contribution in [3.63, 3.8) is 0 Å². The number of amidine groups is 1. The van der Waals surface area contributed by atoms with E-state index in [1.165, 1.54) is 19.2 Å². The number of ether oxygens (including phenoxy) is 1. The molecule has 1 heterocycles. The third kappa shape index (κ3) is 3.35. The smallest absolute Gasteiger partial charge is 0.441 e. The second kappa shape index (κ2) is 6.12. The van der Waals surface area contributed by atoms with Crippen molar-refractivity contribution in [2.24, 2.45) is 4.99 Å². The SMILES string of the molecule is COc1ccc(CN2C(=O)NC(C(F)(F)F)(C(F)(F)F)N=C2C)cc1. The lowest BCUT2D eigenvalue weighted by molar-refractivity contribution is -0.302. The number of alkyl halides is 6. The van der Waals surface area contributed by atoms with E-state index >= 15 is 0 Å². The lowest BCUT2D eigenvalue weighted by Gasteiger charge is -2.40. The lowest BCUT2D eigenvalue weighted by Crippen LogP contribution is -2.71. The Balaban J connectivity index is 2.37. The van der Waals surface area contributed by atoms with Gasteiger partial charge in [0.25, 0.3) is 0 Å². The van der Waals surface area contributed by atoms with Crippen LogP contribution in [0.15, 0.2) is 29.3 Å². The molecule has 0 radical (unpaired) electrons. The number of halogens is 6. The number of amides is 2. The molecule has 11 heteroatoms. The van der Waals surface area contributed by atoms with E-state index < -0.39 is 29.9 Å². The molecule has 1 N–H and O–H groups in total. The fourth-order valence-corrected chi connectivity index (χ4v) is 2.23. The van der Waals surface area contributed by atoms with Gasteiger partial charge in [-0.3, -0.25) is 10.2 Å². The van der Waals surface area contributed by atoms with Crippen LogP contribution in [-0.2, 0) is 6.54 Å². The molecule has 0 aromatic heterocycles. The van der Waals surface area contributed by atoms with Gasteiger partial charge in [0, 0.05) is 0 Å². The van der Waals surface area contributed by atoms with Crippen molar-refractivity contribution >= 4 is 11.9 Å². The molecule has 0 saturated carbocycles. The maximum atomic E-state index is 13.0. The minimum Gasteiger partial charge on any atom is -0.497 e. The number of urea groups is 1. The first kappa shape index (κ1) is 18.9. The molecule has 0 spiro atoms. The Morgan fingerprint density at radius 1 is 1.12 bits per heavy atom. The maximum absolute atomic E-state index is 13.0. The van der Waals surface area contributed by atoms with E-state index in [0.717, 1.165) is 12.2 Å². The van der Waals surface area contributed by atoms with E-state index in [0.29, 0.717) is 16.2 Å². The topological polar surface area (TPSA) is 53.9 Å². The second-order valence-electron chi connectivity index (χ2n) is 5.23. The summed E-state index contributed by atoms with van der Waals surface area (Å²) >= 11 is 0. The number of nitrogens with one attached hydrogen (secondary N) is 1. The summed E-state index contributed by atoms with van der Waals surface area (Å²) in [6.45, 7) is 0.658. The molecule has 138 valence electrons. The number of nitrogens with zero attached hydrogens (tertiary/aromatic N) is 2. The molecule has 0 unspecified atom stereocenters. The van der Waals surface area contributed by atoms with Crippen LogP contribution in [-0.4, -0.2) is 41.9 Å². The Hall–Kier alpha value is -2.46. The van der Waals surface area contributed by atoms with Crippen molar-refractivity contribution < 1.29 is 35.9 Å². The van der Waals surface area contributed by atoms with Crippen molar-refractivity contribution in [2.75, 3.05) is 7.11 Å². The van der Waals surface area contributed by atoms with Crippen molar-refractivity contribution in [3.8, 4) is 5.75 Å². The number of rotatable bonds is 3. The van der Waals surface area contributed by atoms with Gasteiger partial charge in [0.1, 0.15) is 11.6 Å². The average Bonchev–Trinajstić information content (AvgIpc) is 2.49. The van der Waals surface area contributed by atoms with E-state index in [1.54, 1.807) is 12.1 Å². The highest BCUT2D eigenvalue weighted by Gasteiger charge is 2.74. The summed E-state index contributed by atoms with van der Waals surface area (Å²) < 4.78 is 83.0. The predicted molar refractivity (Wildman–Crippen MR) is 75.0 cm³/mol. The highest BCUT2D eigenvalue weighted by Crippen LogP contribution is 2.45. The van der Waals surface area contributed by atoms with Crippen LogP contribution < -0.4 is 10.1 Å². The van der Waals surface area contributed by atoms with Gasteiger partial charge in [-0.1, -0.05) is 12.1 Å². The summed E-state index contributed by atoms with van der Waals surface area (Å²) in [5.41, 5.74) is -4.19. The van der Waals surface area contributed by atoms with E-state index in [9.17, 15) is 31.1 Å². The first-order valence-electron chi connectivity index (χ1n) is 6.84. The van der Waals surface area contributed by atoms with Crippen LogP contribution in [0.1, 0.15) is 12.5 Å². The van der Waals surface area contributed by atoms with E-state index in [-0.39, 0.29) is 6.54 Å². The molecule has 1 aliphatic heterocycles. The van der Waals surface area contributed by atoms with Crippen molar-refractivity contribution in [1.29, 1.82) is 0 Å². The fraction of sp³-hybridized carbons (Fsp3) is 0.429. The summed E-state index contributed by atoms with van der Waals surface area (Å²) in [6.07, 6.45) is -11.7. The number of benzene rings is 1. The molecule has 1 aromatic carbocycles. The summed E-state index contributed by atoms with van der Waals surface area (Å²) in [4.78, 5) is 15.4. The van der Waals surface area contributed by atoms with Crippen molar-refractivity contribution in [3.05, 3.63) is 29.8 Å². The number of methoxy groups -OCH3 is 1. The van der Waals surface area contributed by atoms with Gasteiger partial charge in [-0.05, 0) is 24.6 Å². The van der Waals surface area contributed by atoms with Gasteiger partial charge < -0.3 is 4.74 Å². The van der Waals surface area contributed by atoms with E-state index in [2.05, 4.69) is 4.99 Å². The molecule has 25 heavy (non-hydrogen) atoms. The average molecular weight is 369 g/mol. The molecule has 2 rings (SSSR count). The molecule has 0 saturated heterocycles. The Kier molecular flexibility index (Phi) is 4.62. The molecule has 2 amide bonds. The van der Waals surface area contributed by atoms with Crippen LogP contribution in [0.3, 0.4) is 0 Å². The van der Waals surface area contributed by atoms with Gasteiger partial charge in [-0.25, -0.2) is 9.79 Å². The minimum absolute atomic E-state index is 0.253. The lowest BCUT2D eigenvalue weighted by atomic mass is 10.1. The standard InChI is InChI=1S/C14H13F6N3O2/c1-8-21-12(13(15,16)17,14(18,19)20)22-11(24)23(8)7-9-3-5-10(25-2)6-4-9/h3-6H,7H2,1-2H3,(H,22,24). The Morgan fingerprint density at radius 3 is 2.04 bits per heavy atom. The summed E-state index contributed by atoms with van der Waals surface area (Å²) in [7, 11) is 1.43. The summed E-state index contributed by atoms with van der Waals surface area (Å²) in [5, 5.41) is 0.958. The molecular weight excluding hydrogens is 356 g/mol. The van der Waals surface area contributed by atoms with Gasteiger partial charge in [-0.2, -0.15) is 26.3 Å². The Morgan fingerprint density at radius 2 is 1.64 bits per heavy atom. The predicted octanol–water partition coefficient (Wildman–Crippen LogP) is 3.46. The molecule has 0 atom stereocenters. The molecule has 0 bridgehead atoms. The number of aliphatic imine (C=N–C) groups is 1. The molecule has 5 nitrogen and oxygen atoms in total. The van der Waals surface area contributed by atoms with Gasteiger partial charge in [0.05, 0.1) is 13.7 Å². The number of carbonyl (C=O) groups is 1. The second-order valence-corrected chi connectivity index (χ2v) is 5.23. The van der Waals surface area contributed by atoms with Gasteiger partial charge >= 0.3 is 24.0 Å². The molecular formula is C14H13F6N3O2. The van der Waals surface area contributed by atoms with Crippen LogP contribution in [0.4, 0.5) is 31.1 Å². The van der Waals surface area contributed by atoms with Crippen LogP contribution in [0.25, 0.3) is 0 Å². The number of hydrogen-bond acceptors (Lipinski definition) is 3. The fourth-order valence-electron chi connectivity index (χ4n) is 2.23. The van der Waals surface area contributed by atoms with E-state index in [4.69, 9.17) is 4.74 Å². The van der Waals surface area contributed by atoms with Gasteiger partial charge in [0.15, 0.2) is 0 Å². The normalized spacial score (nSPS) is 17.8. The molecule has 1 aliphatic rings. The van der Waals surface area contributed by atoms with Gasteiger partial charge in [-0.15, -0.1) is 0 Å². The van der Waals surface area contributed by atoms with Crippen molar-refractivity contribution in [2.45, 2.75) is 31.5 Å². The molecule has 1 aromatic rings. The Labute approximate surface area is 138 Å². The zero-order valence-corrected chi connectivity index (χ0v) is 13.0. The van der Waals surface area contributed by atoms with Crippen molar-refractivity contribution in [1.82, 2.24) is 10.2 Å². The van der Waals surface area contributed by atoms with Gasteiger partial charge in [0.2, 0.25) is 0 Å². The van der Waals surface area contributed by atoms with Crippen LogP contribution in [0, 0.1) is 0 Å². The number of carbonyl (C=O) groups excluding carboxylic acids is 1. The third-order valence-electron chi connectivity index (χ3n) is 3.57. The van der Waals surface area contributed by atoms with Crippen LogP contribution in [0.2, 0.25) is 0 Å². The molecule has 0 fully saturated rings. The first-order chi connectivity index (χ1) is 11.4. The highest BCUT2D eigenvalue weighted by atomic mass is 19.4. The summed E-state index contributed by atoms with van der Waals surface area (Å²) in [5.74, 6) is -0.195. The maximum Gasteiger partial charge on any atom is 0.441 e. The monoisotopic (exact) mass is 369 g/mol. The zero-order chi connectivity index (χ0) is 19.0. The third-order valence-corrected chi connectivity index (χ3v) is 3.57. The van der Waals surface area contributed by atoms with Crippen LogP contribution in [0.5, 0.6) is 5.75 Å². The van der Waals surface area contributed by atoms with Crippen LogP contribution >= 0.6 is 0 Å². The molecule has 0 aliphatic carbocycles. The zero-order valence-electron chi connectivity index (χ0n) is 13.0. The highest BCUT2D eigenvalue weighted by molar-refractivity contribution is 5.98. The first-order valence-corrected chi connectivity index (χ1v) is 6.84. The minimum atomic E-state index is -5.84. The Bertz CT molecular complexity index is 667. The quantitative estimate of drug-likeness (QED) is 0.830. The largest absolute Gasteiger partial charge is 0.497 e. The van der Waals surface area contributed by atoms with E-state index in [1.807, 2.05) is 0 Å².